The summed E-state index contributed by atoms with van der Waals surface area (Å²) in [5, 5.41) is 0. The zero-order valence-corrected chi connectivity index (χ0v) is 12.4. The first-order valence-corrected chi connectivity index (χ1v) is 8.11. The first-order chi connectivity index (χ1) is 9.90. The molecule has 3 rings (SSSR count). The van der Waals surface area contributed by atoms with Crippen LogP contribution in [0.15, 0.2) is 36.7 Å². The molecule has 1 aliphatic heterocycles. The average Bonchev–Trinajstić information content (AvgIpc) is 2.51. The maximum Gasteiger partial charge on any atom is 0.127 e. The molecule has 1 saturated heterocycles. The van der Waals surface area contributed by atoms with Gasteiger partial charge in [0.05, 0.1) is 6.54 Å². The van der Waals surface area contributed by atoms with Crippen molar-refractivity contribution in [3.8, 4) is 0 Å². The molecule has 0 unspecified atom stereocenters. The molecule has 0 radical (unpaired) electrons. The van der Waals surface area contributed by atoms with Crippen molar-refractivity contribution >= 4 is 0 Å². The SMILES string of the molecule is C1=CC[C@@H](C[NH+]2CC[NH+](Cc3ccncc3)CC2)CC1. The lowest BCUT2D eigenvalue weighted by Crippen LogP contribution is -3.27. The largest absolute Gasteiger partial charge is 0.325 e. The van der Waals surface area contributed by atoms with Crippen molar-refractivity contribution in [3.63, 3.8) is 0 Å². The third-order valence-corrected chi connectivity index (χ3v) is 4.82. The van der Waals surface area contributed by atoms with Crippen LogP contribution in [0.1, 0.15) is 24.8 Å². The third kappa shape index (κ3) is 3.90. The number of hydrogen-bond acceptors (Lipinski definition) is 1. The van der Waals surface area contributed by atoms with Crippen LogP contribution in [0.25, 0.3) is 0 Å². The summed E-state index contributed by atoms with van der Waals surface area (Å²) in [5.74, 6) is 0.941. The van der Waals surface area contributed by atoms with E-state index in [1.54, 1.807) is 4.90 Å². The van der Waals surface area contributed by atoms with Gasteiger partial charge in [-0.3, -0.25) is 4.98 Å². The van der Waals surface area contributed by atoms with Gasteiger partial charge in [-0.2, -0.15) is 0 Å². The van der Waals surface area contributed by atoms with Crippen molar-refractivity contribution in [1.82, 2.24) is 4.98 Å². The summed E-state index contributed by atoms with van der Waals surface area (Å²) in [4.78, 5) is 7.67. The summed E-state index contributed by atoms with van der Waals surface area (Å²) in [6.07, 6.45) is 12.6. The van der Waals surface area contributed by atoms with E-state index in [9.17, 15) is 0 Å². The summed E-state index contributed by atoms with van der Waals surface area (Å²) in [7, 11) is 0. The highest BCUT2D eigenvalue weighted by atomic mass is 15.3. The molecule has 1 atom stereocenters. The fourth-order valence-corrected chi connectivity index (χ4v) is 3.58. The van der Waals surface area contributed by atoms with Gasteiger partial charge >= 0.3 is 0 Å². The van der Waals surface area contributed by atoms with Gasteiger partial charge in [0.15, 0.2) is 0 Å². The lowest BCUT2D eigenvalue weighted by molar-refractivity contribution is -1.02. The van der Waals surface area contributed by atoms with Gasteiger partial charge in [0.25, 0.3) is 0 Å². The van der Waals surface area contributed by atoms with Crippen LogP contribution in [0.2, 0.25) is 0 Å². The Kier molecular flexibility index (Phi) is 4.82. The van der Waals surface area contributed by atoms with Gasteiger partial charge in [0.1, 0.15) is 32.7 Å². The number of pyridine rings is 1. The van der Waals surface area contributed by atoms with Crippen LogP contribution in [0.5, 0.6) is 0 Å². The fourth-order valence-electron chi connectivity index (χ4n) is 3.58. The molecule has 2 heterocycles. The minimum atomic E-state index is 0.941. The van der Waals surface area contributed by atoms with Gasteiger partial charge in [0, 0.05) is 23.9 Å². The van der Waals surface area contributed by atoms with Crippen LogP contribution < -0.4 is 9.80 Å². The Morgan fingerprint density at radius 2 is 1.75 bits per heavy atom. The first kappa shape index (κ1) is 13.8. The molecule has 3 heteroatoms. The number of nitrogens with one attached hydrogen (secondary N) is 2. The molecule has 2 N–H and O–H groups in total. The Balaban J connectivity index is 1.41. The van der Waals surface area contributed by atoms with E-state index in [0.29, 0.717) is 0 Å². The highest BCUT2D eigenvalue weighted by Gasteiger charge is 2.25. The average molecular weight is 273 g/mol. The van der Waals surface area contributed by atoms with E-state index in [-0.39, 0.29) is 0 Å². The van der Waals surface area contributed by atoms with Crippen LogP contribution in [0.3, 0.4) is 0 Å². The molecule has 0 spiro atoms. The third-order valence-electron chi connectivity index (χ3n) is 4.82. The Bertz CT molecular complexity index is 421. The quantitative estimate of drug-likeness (QED) is 0.724. The Labute approximate surface area is 122 Å². The highest BCUT2D eigenvalue weighted by molar-refractivity contribution is 5.07. The van der Waals surface area contributed by atoms with E-state index in [4.69, 9.17) is 0 Å². The molecule has 3 nitrogen and oxygen atoms in total. The van der Waals surface area contributed by atoms with Crippen LogP contribution in [-0.2, 0) is 6.54 Å². The number of hydrogen-bond donors (Lipinski definition) is 2. The van der Waals surface area contributed by atoms with Crippen molar-refractivity contribution in [2.45, 2.75) is 25.8 Å². The van der Waals surface area contributed by atoms with Crippen molar-refractivity contribution in [2.75, 3.05) is 32.7 Å². The summed E-state index contributed by atoms with van der Waals surface area (Å²) in [5.41, 5.74) is 1.43. The fraction of sp³-hybridized carbons (Fsp3) is 0.588. The Morgan fingerprint density at radius 1 is 1.00 bits per heavy atom. The number of quaternary nitrogens is 2. The second-order valence-electron chi connectivity index (χ2n) is 6.39. The van der Waals surface area contributed by atoms with Gasteiger partial charge in [-0.15, -0.1) is 0 Å². The van der Waals surface area contributed by atoms with Crippen LogP contribution in [0.4, 0.5) is 0 Å². The topological polar surface area (TPSA) is 21.8 Å². The lowest BCUT2D eigenvalue weighted by atomic mass is 9.94. The minimum absolute atomic E-state index is 0.941. The van der Waals surface area contributed by atoms with Gasteiger partial charge < -0.3 is 9.80 Å². The minimum Gasteiger partial charge on any atom is -0.325 e. The van der Waals surface area contributed by atoms with Gasteiger partial charge in [-0.05, 0) is 31.4 Å². The van der Waals surface area contributed by atoms with Crippen LogP contribution in [-0.4, -0.2) is 37.7 Å². The summed E-state index contributed by atoms with van der Waals surface area (Å²) in [6.45, 7) is 7.90. The van der Waals surface area contributed by atoms with Crippen LogP contribution >= 0.6 is 0 Å². The second kappa shape index (κ2) is 7.00. The van der Waals surface area contributed by atoms with Gasteiger partial charge in [0.2, 0.25) is 0 Å². The van der Waals surface area contributed by atoms with E-state index < -0.39 is 0 Å². The van der Waals surface area contributed by atoms with Gasteiger partial charge in [-0.25, -0.2) is 0 Å². The van der Waals surface area contributed by atoms with Crippen molar-refractivity contribution < 1.29 is 9.80 Å². The molecular weight excluding hydrogens is 246 g/mol. The molecule has 1 aliphatic carbocycles. The standard InChI is InChI=1S/C17H25N3/c1-2-4-16(5-3-1)14-19-10-12-20(13-11-19)15-17-6-8-18-9-7-17/h1-2,6-9,16H,3-5,10-15H2/p+2/t16-/m1/s1. The summed E-state index contributed by atoms with van der Waals surface area (Å²) < 4.78 is 0. The number of piperazine rings is 1. The first-order valence-electron chi connectivity index (χ1n) is 8.11. The smallest absolute Gasteiger partial charge is 0.127 e. The van der Waals surface area contributed by atoms with E-state index in [1.165, 1.54) is 64.1 Å². The maximum atomic E-state index is 4.10. The Morgan fingerprint density at radius 3 is 2.45 bits per heavy atom. The zero-order valence-electron chi connectivity index (χ0n) is 12.4. The molecule has 20 heavy (non-hydrogen) atoms. The molecule has 1 fully saturated rings. The number of allylic oxidation sites excluding steroid dienone is 2. The molecule has 1 aromatic rings. The normalized spacial score (nSPS) is 30.3. The highest BCUT2D eigenvalue weighted by Crippen LogP contribution is 2.15. The molecule has 108 valence electrons. The van der Waals surface area contributed by atoms with Crippen molar-refractivity contribution in [2.24, 2.45) is 5.92 Å². The maximum absolute atomic E-state index is 4.10. The monoisotopic (exact) mass is 273 g/mol. The molecule has 0 amide bonds. The predicted octanol–water partition coefficient (Wildman–Crippen LogP) is -0.279. The molecular formula is C17H27N3+2. The van der Waals surface area contributed by atoms with Crippen molar-refractivity contribution in [3.05, 3.63) is 42.2 Å². The summed E-state index contributed by atoms with van der Waals surface area (Å²) >= 11 is 0. The van der Waals surface area contributed by atoms with E-state index in [2.05, 4.69) is 29.3 Å². The molecule has 0 aromatic carbocycles. The number of aromatic nitrogens is 1. The van der Waals surface area contributed by atoms with Crippen LogP contribution in [0, 0.1) is 5.92 Å². The van der Waals surface area contributed by atoms with Crippen molar-refractivity contribution in [1.29, 1.82) is 0 Å². The van der Waals surface area contributed by atoms with E-state index in [1.807, 2.05) is 17.3 Å². The lowest BCUT2D eigenvalue weighted by Gasteiger charge is -2.32. The molecule has 0 saturated carbocycles. The number of rotatable bonds is 4. The van der Waals surface area contributed by atoms with E-state index in [0.717, 1.165) is 5.92 Å². The van der Waals surface area contributed by atoms with E-state index >= 15 is 0 Å². The number of nitrogens with zero attached hydrogens (tertiary/aromatic N) is 1. The zero-order chi connectivity index (χ0) is 13.6. The summed E-state index contributed by atoms with van der Waals surface area (Å²) in [6, 6.07) is 4.31. The Hall–Kier alpha value is -1.19. The predicted molar refractivity (Wildman–Crippen MR) is 80.7 cm³/mol. The molecule has 1 aromatic heterocycles. The second-order valence-corrected chi connectivity index (χ2v) is 6.39. The molecule has 0 bridgehead atoms. The van der Waals surface area contributed by atoms with Gasteiger partial charge in [-0.1, -0.05) is 12.2 Å². The molecule has 2 aliphatic rings.